The molecule has 168 valence electrons. The van der Waals surface area contributed by atoms with Gasteiger partial charge < -0.3 is 9.47 Å². The van der Waals surface area contributed by atoms with Crippen LogP contribution >= 0.6 is 0 Å². The van der Waals surface area contributed by atoms with Gasteiger partial charge in [0.25, 0.3) is 0 Å². The molecule has 0 aromatic heterocycles. The highest BCUT2D eigenvalue weighted by atomic mass is 19.1. The van der Waals surface area contributed by atoms with E-state index in [0.29, 0.717) is 25.1 Å². The molecule has 6 heteroatoms. The second-order valence-corrected chi connectivity index (χ2v) is 7.85. The highest BCUT2D eigenvalue weighted by Crippen LogP contribution is 2.35. The third-order valence-electron chi connectivity index (χ3n) is 5.49. The minimum Gasteiger partial charge on any atom is -0.491 e. The highest BCUT2D eigenvalue weighted by molar-refractivity contribution is 5.95. The molecule has 4 nitrogen and oxygen atoms in total. The van der Waals surface area contributed by atoms with Gasteiger partial charge in [-0.2, -0.15) is 0 Å². The Balaban J connectivity index is 2.31. The molecule has 0 saturated heterocycles. The molecule has 2 rings (SSSR count). The monoisotopic (exact) mass is 432 g/mol. The van der Waals surface area contributed by atoms with Crippen molar-refractivity contribution in [2.45, 2.75) is 47.0 Å². The first-order chi connectivity index (χ1) is 14.9. The molecule has 0 N–H and O–H groups in total. The van der Waals surface area contributed by atoms with Crippen LogP contribution in [-0.2, 0) is 0 Å². The number of carbonyl (C=O) groups excluding carboxylic acids is 2. The number of halogens is 2. The molecule has 2 atom stereocenters. The standard InChI is InChI=1S/C25H30F2O4/c1-5-16(3)7-8-17(4)15-31-23-12-10-19(21(14-29)25(23)27)18-9-11-22(30-6-2)24(26)20(18)13-28/h9-14,16-17H,5-8,15H2,1-4H3. The van der Waals surface area contributed by atoms with E-state index in [2.05, 4.69) is 13.8 Å². The SMILES string of the molecule is CCOc1ccc(-c2ccc(OCC(C)CCC(C)CC)c(F)c2C=O)c(C=O)c1F. The van der Waals surface area contributed by atoms with Gasteiger partial charge in [0.05, 0.1) is 24.3 Å². The van der Waals surface area contributed by atoms with Gasteiger partial charge in [0, 0.05) is 0 Å². The van der Waals surface area contributed by atoms with Crippen molar-refractivity contribution in [3.63, 3.8) is 0 Å². The first-order valence-electron chi connectivity index (χ1n) is 10.7. The van der Waals surface area contributed by atoms with E-state index in [1.54, 1.807) is 6.92 Å². The van der Waals surface area contributed by atoms with Crippen LogP contribution in [-0.4, -0.2) is 25.8 Å². The number of ether oxygens (including phenoxy) is 2. The van der Waals surface area contributed by atoms with E-state index in [-0.39, 0.29) is 46.3 Å². The summed E-state index contributed by atoms with van der Waals surface area (Å²) in [5.74, 6) is -0.931. The van der Waals surface area contributed by atoms with E-state index < -0.39 is 11.6 Å². The number of hydrogen-bond acceptors (Lipinski definition) is 4. The zero-order valence-corrected chi connectivity index (χ0v) is 18.5. The van der Waals surface area contributed by atoms with Gasteiger partial charge >= 0.3 is 0 Å². The van der Waals surface area contributed by atoms with Gasteiger partial charge in [0.2, 0.25) is 0 Å². The van der Waals surface area contributed by atoms with Crippen molar-refractivity contribution >= 4 is 12.6 Å². The van der Waals surface area contributed by atoms with Gasteiger partial charge in [-0.3, -0.25) is 9.59 Å². The molecular formula is C25H30F2O4. The fourth-order valence-corrected chi connectivity index (χ4v) is 3.31. The second kappa shape index (κ2) is 11.6. The Bertz CT molecular complexity index is 911. The van der Waals surface area contributed by atoms with Gasteiger partial charge in [0.15, 0.2) is 35.7 Å². The average molecular weight is 433 g/mol. The van der Waals surface area contributed by atoms with Crippen LogP contribution in [0.15, 0.2) is 24.3 Å². The molecule has 31 heavy (non-hydrogen) atoms. The van der Waals surface area contributed by atoms with Gasteiger partial charge in [0.1, 0.15) is 0 Å². The van der Waals surface area contributed by atoms with E-state index in [0.717, 1.165) is 19.3 Å². The van der Waals surface area contributed by atoms with Crippen molar-refractivity contribution in [2.24, 2.45) is 11.8 Å². The minimum absolute atomic E-state index is 0.0414. The molecule has 2 aromatic rings. The first kappa shape index (κ1) is 24.5. The summed E-state index contributed by atoms with van der Waals surface area (Å²) in [6, 6.07) is 5.67. The van der Waals surface area contributed by atoms with Crippen molar-refractivity contribution < 1.29 is 27.8 Å². The Labute approximate surface area is 182 Å². The summed E-state index contributed by atoms with van der Waals surface area (Å²) >= 11 is 0. The number of aldehydes is 2. The summed E-state index contributed by atoms with van der Waals surface area (Å²) in [6.45, 7) is 8.62. The molecule has 0 spiro atoms. The Morgan fingerprint density at radius 2 is 1.29 bits per heavy atom. The average Bonchev–Trinajstić information content (AvgIpc) is 2.77. The van der Waals surface area contributed by atoms with Crippen molar-refractivity contribution in [1.29, 1.82) is 0 Å². The van der Waals surface area contributed by atoms with E-state index in [4.69, 9.17) is 9.47 Å². The summed E-state index contributed by atoms with van der Waals surface area (Å²) < 4.78 is 40.4. The smallest absolute Gasteiger partial charge is 0.176 e. The second-order valence-electron chi connectivity index (χ2n) is 7.85. The van der Waals surface area contributed by atoms with Gasteiger partial charge in [-0.25, -0.2) is 8.78 Å². The van der Waals surface area contributed by atoms with Crippen LogP contribution in [0.4, 0.5) is 8.78 Å². The number of hydrogen-bond donors (Lipinski definition) is 0. The lowest BCUT2D eigenvalue weighted by molar-refractivity contribution is 0.111. The van der Waals surface area contributed by atoms with Crippen molar-refractivity contribution in [1.82, 2.24) is 0 Å². The Hall–Kier alpha value is -2.76. The molecule has 0 aliphatic carbocycles. The maximum absolute atomic E-state index is 15.0. The maximum atomic E-state index is 15.0. The third kappa shape index (κ3) is 5.90. The van der Waals surface area contributed by atoms with E-state index in [9.17, 15) is 14.0 Å². The van der Waals surface area contributed by atoms with E-state index >= 15 is 4.39 Å². The maximum Gasteiger partial charge on any atom is 0.176 e. The molecule has 0 fully saturated rings. The third-order valence-corrected chi connectivity index (χ3v) is 5.49. The molecule has 2 aromatic carbocycles. The highest BCUT2D eigenvalue weighted by Gasteiger charge is 2.21. The summed E-state index contributed by atoms with van der Waals surface area (Å²) in [6.07, 6.45) is 3.83. The van der Waals surface area contributed by atoms with E-state index in [1.165, 1.54) is 24.3 Å². The zero-order valence-electron chi connectivity index (χ0n) is 18.5. The van der Waals surface area contributed by atoms with Gasteiger partial charge in [-0.15, -0.1) is 0 Å². The predicted octanol–water partition coefficient (Wildman–Crippen LogP) is 6.50. The van der Waals surface area contributed by atoms with Crippen LogP contribution in [0.25, 0.3) is 11.1 Å². The lowest BCUT2D eigenvalue weighted by Gasteiger charge is -2.17. The summed E-state index contributed by atoms with van der Waals surface area (Å²) in [7, 11) is 0. The fourth-order valence-electron chi connectivity index (χ4n) is 3.31. The fraction of sp³-hybridized carbons (Fsp3) is 0.440. The molecule has 0 amide bonds. The number of benzene rings is 2. The predicted molar refractivity (Wildman–Crippen MR) is 117 cm³/mol. The quantitative estimate of drug-likeness (QED) is 0.359. The summed E-state index contributed by atoms with van der Waals surface area (Å²) in [4.78, 5) is 23.2. The lowest BCUT2D eigenvalue weighted by atomic mass is 9.95. The molecule has 0 aliphatic rings. The van der Waals surface area contributed by atoms with Crippen LogP contribution in [0.2, 0.25) is 0 Å². The molecule has 0 saturated carbocycles. The molecule has 0 radical (unpaired) electrons. The zero-order chi connectivity index (χ0) is 23.0. The first-order valence-corrected chi connectivity index (χ1v) is 10.7. The van der Waals surface area contributed by atoms with Crippen molar-refractivity contribution in [2.75, 3.05) is 13.2 Å². The molecular weight excluding hydrogens is 402 g/mol. The van der Waals surface area contributed by atoms with Gasteiger partial charge in [-0.05, 0) is 60.6 Å². The summed E-state index contributed by atoms with van der Waals surface area (Å²) in [5.41, 5.74) is -0.337. The largest absolute Gasteiger partial charge is 0.491 e. The topological polar surface area (TPSA) is 52.6 Å². The lowest BCUT2D eigenvalue weighted by Crippen LogP contribution is -2.11. The summed E-state index contributed by atoms with van der Waals surface area (Å²) in [5, 5.41) is 0. The van der Waals surface area contributed by atoms with E-state index in [1.807, 2.05) is 6.92 Å². The Morgan fingerprint density at radius 1 is 0.806 bits per heavy atom. The van der Waals surface area contributed by atoms with Crippen LogP contribution < -0.4 is 9.47 Å². The van der Waals surface area contributed by atoms with Crippen LogP contribution in [0.1, 0.15) is 67.7 Å². The van der Waals surface area contributed by atoms with Crippen molar-refractivity contribution in [3.8, 4) is 22.6 Å². The van der Waals surface area contributed by atoms with Crippen LogP contribution in [0.5, 0.6) is 11.5 Å². The molecule has 0 bridgehead atoms. The molecule has 0 heterocycles. The Morgan fingerprint density at radius 3 is 1.74 bits per heavy atom. The Kier molecular flexibility index (Phi) is 9.16. The van der Waals surface area contributed by atoms with Crippen LogP contribution in [0, 0.1) is 23.5 Å². The molecule has 0 aliphatic heterocycles. The minimum atomic E-state index is -0.845. The number of rotatable bonds is 12. The van der Waals surface area contributed by atoms with Crippen LogP contribution in [0.3, 0.4) is 0 Å². The molecule has 2 unspecified atom stereocenters. The number of carbonyl (C=O) groups is 2. The van der Waals surface area contributed by atoms with Gasteiger partial charge in [-0.1, -0.05) is 33.6 Å². The van der Waals surface area contributed by atoms with Crippen molar-refractivity contribution in [3.05, 3.63) is 47.0 Å². The normalized spacial score (nSPS) is 12.8.